The minimum atomic E-state index is -0.325. The molecule has 0 amide bonds. The summed E-state index contributed by atoms with van der Waals surface area (Å²) < 4.78 is 13.2. The van der Waals surface area contributed by atoms with Crippen molar-refractivity contribution in [1.82, 2.24) is 0 Å². The van der Waals surface area contributed by atoms with Gasteiger partial charge in [-0.3, -0.25) is 0 Å². The summed E-state index contributed by atoms with van der Waals surface area (Å²) in [5.41, 5.74) is 6.55. The Morgan fingerprint density at radius 3 is 2.64 bits per heavy atom. The Bertz CT molecular complexity index is 334. The highest BCUT2D eigenvalue weighted by Gasteiger charge is 2.22. The van der Waals surface area contributed by atoms with Gasteiger partial charge in [-0.1, -0.05) is 0 Å². The number of hydrogen-bond acceptors (Lipinski definition) is 2. The Morgan fingerprint density at radius 1 is 1.43 bits per heavy atom. The third kappa shape index (κ3) is 1.54. The first-order valence-corrected chi connectivity index (χ1v) is 4.96. The summed E-state index contributed by atoms with van der Waals surface area (Å²) in [7, 11) is 2.01. The van der Waals surface area contributed by atoms with E-state index < -0.39 is 0 Å². The van der Waals surface area contributed by atoms with Crippen LogP contribution in [0.2, 0.25) is 0 Å². The number of rotatable bonds is 2. The van der Waals surface area contributed by atoms with Crippen LogP contribution < -0.4 is 10.6 Å². The van der Waals surface area contributed by atoms with Gasteiger partial charge in [0.2, 0.25) is 0 Å². The van der Waals surface area contributed by atoms with Crippen LogP contribution in [0, 0.1) is 5.82 Å². The molecule has 0 aliphatic heterocycles. The normalized spacial score (nSPS) is 16.4. The van der Waals surface area contributed by atoms with Crippen LogP contribution in [0.3, 0.4) is 0 Å². The first kappa shape index (κ1) is 9.31. The zero-order valence-corrected chi connectivity index (χ0v) is 8.33. The van der Waals surface area contributed by atoms with Crippen molar-refractivity contribution in [3.05, 3.63) is 24.0 Å². The summed E-state index contributed by atoms with van der Waals surface area (Å²) in [5, 5.41) is 0. The van der Waals surface area contributed by atoms with Crippen molar-refractivity contribution in [3.8, 4) is 0 Å². The van der Waals surface area contributed by atoms with Gasteiger partial charge in [0.15, 0.2) is 0 Å². The average molecular weight is 194 g/mol. The van der Waals surface area contributed by atoms with E-state index in [1.54, 1.807) is 6.07 Å². The van der Waals surface area contributed by atoms with Crippen LogP contribution in [0.5, 0.6) is 0 Å². The molecule has 0 unspecified atom stereocenters. The number of nitrogen functional groups attached to an aromatic ring is 1. The summed E-state index contributed by atoms with van der Waals surface area (Å²) >= 11 is 0. The van der Waals surface area contributed by atoms with Crippen LogP contribution in [0.15, 0.2) is 18.2 Å². The maximum Gasteiger partial charge on any atom is 0.148 e. The second-order valence-corrected chi connectivity index (χ2v) is 3.90. The van der Waals surface area contributed by atoms with E-state index in [0.29, 0.717) is 6.04 Å². The standard InChI is InChI=1S/C11H15FN2/c1-14(8-3-2-4-8)9-5-6-11(13)10(12)7-9/h5-8H,2-4,13H2,1H3. The number of nitrogens with zero attached hydrogens (tertiary/aromatic N) is 1. The lowest BCUT2D eigenvalue weighted by atomic mass is 9.91. The first-order valence-electron chi connectivity index (χ1n) is 4.96. The molecule has 76 valence electrons. The molecule has 1 saturated carbocycles. The fourth-order valence-corrected chi connectivity index (χ4v) is 1.72. The van der Waals surface area contributed by atoms with Crippen LogP contribution in [-0.2, 0) is 0 Å². The molecule has 1 fully saturated rings. The van der Waals surface area contributed by atoms with E-state index in [2.05, 4.69) is 4.90 Å². The van der Waals surface area contributed by atoms with E-state index in [0.717, 1.165) is 5.69 Å². The summed E-state index contributed by atoms with van der Waals surface area (Å²) in [5.74, 6) is -0.325. The lowest BCUT2D eigenvalue weighted by Gasteiger charge is -2.36. The molecule has 14 heavy (non-hydrogen) atoms. The van der Waals surface area contributed by atoms with Crippen LogP contribution in [0.4, 0.5) is 15.8 Å². The molecule has 0 bridgehead atoms. The predicted octanol–water partition coefficient (Wildman–Crippen LogP) is 2.40. The molecule has 2 nitrogen and oxygen atoms in total. The topological polar surface area (TPSA) is 29.3 Å². The van der Waals surface area contributed by atoms with Crippen molar-refractivity contribution in [2.45, 2.75) is 25.3 Å². The highest BCUT2D eigenvalue weighted by molar-refractivity contribution is 5.54. The van der Waals surface area contributed by atoms with Gasteiger partial charge >= 0.3 is 0 Å². The van der Waals surface area contributed by atoms with Crippen LogP contribution in [0.25, 0.3) is 0 Å². The second-order valence-electron chi connectivity index (χ2n) is 3.90. The van der Waals surface area contributed by atoms with Crippen LogP contribution in [-0.4, -0.2) is 13.1 Å². The Morgan fingerprint density at radius 2 is 2.14 bits per heavy atom. The van der Waals surface area contributed by atoms with E-state index in [9.17, 15) is 4.39 Å². The molecule has 1 aliphatic carbocycles. The number of hydrogen-bond donors (Lipinski definition) is 1. The monoisotopic (exact) mass is 194 g/mol. The molecule has 0 spiro atoms. The SMILES string of the molecule is CN(c1ccc(N)c(F)c1)C1CCC1. The maximum atomic E-state index is 13.2. The summed E-state index contributed by atoms with van der Waals surface area (Å²) in [4.78, 5) is 2.13. The summed E-state index contributed by atoms with van der Waals surface area (Å²) in [6, 6.07) is 5.59. The first-order chi connectivity index (χ1) is 6.68. The van der Waals surface area contributed by atoms with Crippen molar-refractivity contribution >= 4 is 11.4 Å². The van der Waals surface area contributed by atoms with Gasteiger partial charge in [0, 0.05) is 18.8 Å². The quantitative estimate of drug-likeness (QED) is 0.732. The van der Waals surface area contributed by atoms with Gasteiger partial charge in [-0.2, -0.15) is 0 Å². The van der Waals surface area contributed by atoms with Crippen LogP contribution in [0.1, 0.15) is 19.3 Å². The molecule has 1 aliphatic rings. The number of anilines is 2. The van der Waals surface area contributed by atoms with E-state index in [1.807, 2.05) is 13.1 Å². The summed E-state index contributed by atoms with van der Waals surface area (Å²) in [6.45, 7) is 0. The van der Waals surface area contributed by atoms with Crippen LogP contribution >= 0.6 is 0 Å². The van der Waals surface area contributed by atoms with Gasteiger partial charge in [-0.25, -0.2) is 4.39 Å². The lowest BCUT2D eigenvalue weighted by molar-refractivity contribution is 0.401. The van der Waals surface area contributed by atoms with Crippen molar-refractivity contribution < 1.29 is 4.39 Å². The molecule has 1 aromatic carbocycles. The van der Waals surface area contributed by atoms with Gasteiger partial charge in [0.05, 0.1) is 5.69 Å². The largest absolute Gasteiger partial charge is 0.396 e. The fraction of sp³-hybridized carbons (Fsp3) is 0.455. The molecule has 0 atom stereocenters. The number of nitrogens with two attached hydrogens (primary N) is 1. The lowest BCUT2D eigenvalue weighted by Crippen LogP contribution is -2.37. The number of benzene rings is 1. The Hall–Kier alpha value is -1.25. The maximum absolute atomic E-state index is 13.2. The van der Waals surface area contributed by atoms with E-state index >= 15 is 0 Å². The fourth-order valence-electron chi connectivity index (χ4n) is 1.72. The average Bonchev–Trinajstić information content (AvgIpc) is 2.06. The molecule has 0 heterocycles. The third-order valence-electron chi connectivity index (χ3n) is 3.01. The van der Waals surface area contributed by atoms with Crippen molar-refractivity contribution in [3.63, 3.8) is 0 Å². The third-order valence-corrected chi connectivity index (χ3v) is 3.01. The Kier molecular flexibility index (Phi) is 2.32. The Labute approximate surface area is 83.5 Å². The van der Waals surface area contributed by atoms with Gasteiger partial charge < -0.3 is 10.6 Å². The number of halogens is 1. The summed E-state index contributed by atoms with van der Waals surface area (Å²) in [6.07, 6.45) is 3.71. The van der Waals surface area contributed by atoms with Gasteiger partial charge in [-0.05, 0) is 37.5 Å². The molecule has 0 saturated heterocycles. The molecular formula is C11H15FN2. The van der Waals surface area contributed by atoms with Crippen molar-refractivity contribution in [1.29, 1.82) is 0 Å². The molecule has 0 aromatic heterocycles. The minimum Gasteiger partial charge on any atom is -0.396 e. The van der Waals surface area contributed by atoms with E-state index in [-0.39, 0.29) is 11.5 Å². The van der Waals surface area contributed by atoms with Gasteiger partial charge in [0.25, 0.3) is 0 Å². The second kappa shape index (κ2) is 3.48. The van der Waals surface area contributed by atoms with Gasteiger partial charge in [0.1, 0.15) is 5.82 Å². The molecule has 2 N–H and O–H groups in total. The minimum absolute atomic E-state index is 0.218. The van der Waals surface area contributed by atoms with E-state index in [4.69, 9.17) is 5.73 Å². The zero-order valence-electron chi connectivity index (χ0n) is 8.33. The highest BCUT2D eigenvalue weighted by atomic mass is 19.1. The highest BCUT2D eigenvalue weighted by Crippen LogP contribution is 2.29. The predicted molar refractivity (Wildman–Crippen MR) is 56.9 cm³/mol. The Balaban J connectivity index is 2.18. The van der Waals surface area contributed by atoms with E-state index in [1.165, 1.54) is 25.3 Å². The smallest absolute Gasteiger partial charge is 0.148 e. The van der Waals surface area contributed by atoms with Crippen molar-refractivity contribution in [2.75, 3.05) is 17.7 Å². The molecule has 0 radical (unpaired) electrons. The molecule has 3 heteroatoms. The molecule has 2 rings (SSSR count). The molecular weight excluding hydrogens is 179 g/mol. The zero-order chi connectivity index (χ0) is 10.1. The molecule has 1 aromatic rings. The van der Waals surface area contributed by atoms with Crippen molar-refractivity contribution in [2.24, 2.45) is 0 Å². The van der Waals surface area contributed by atoms with Gasteiger partial charge in [-0.15, -0.1) is 0 Å².